The van der Waals surface area contributed by atoms with Crippen molar-refractivity contribution in [3.05, 3.63) is 44.6 Å². The van der Waals surface area contributed by atoms with E-state index in [4.69, 9.17) is 22.1 Å². The quantitative estimate of drug-likeness (QED) is 0.692. The Bertz CT molecular complexity index is 588. The van der Waals surface area contributed by atoms with Crippen molar-refractivity contribution in [1.82, 2.24) is 0 Å². The summed E-state index contributed by atoms with van der Waals surface area (Å²) >= 11 is 7.24. The number of thiophene rings is 1. The van der Waals surface area contributed by atoms with Gasteiger partial charge in [0.2, 0.25) is 5.78 Å². The van der Waals surface area contributed by atoms with Crippen LogP contribution in [0.4, 0.5) is 5.69 Å². The van der Waals surface area contributed by atoms with Crippen LogP contribution >= 0.6 is 22.9 Å². The minimum Gasteiger partial charge on any atom is -0.496 e. The van der Waals surface area contributed by atoms with Crippen LogP contribution < -0.4 is 10.5 Å². The number of anilines is 1. The van der Waals surface area contributed by atoms with Crippen molar-refractivity contribution in [2.75, 3.05) is 12.8 Å². The normalized spacial score (nSPS) is 10.4. The summed E-state index contributed by atoms with van der Waals surface area (Å²) in [7, 11) is 1.52. The number of hydrogen-bond donors (Lipinski definition) is 1. The molecule has 3 nitrogen and oxygen atoms in total. The first kappa shape index (κ1) is 12.9. The van der Waals surface area contributed by atoms with Gasteiger partial charge in [0, 0.05) is 5.69 Å². The number of methoxy groups -OCH3 is 1. The number of nitrogens with two attached hydrogens (primary N) is 1. The van der Waals surface area contributed by atoms with E-state index in [2.05, 4.69) is 0 Å². The van der Waals surface area contributed by atoms with Crippen LogP contribution in [0.2, 0.25) is 4.34 Å². The monoisotopic (exact) mass is 281 g/mol. The number of aryl methyl sites for hydroxylation is 1. The van der Waals surface area contributed by atoms with Crippen LogP contribution in [0.15, 0.2) is 24.3 Å². The SMILES string of the molecule is COc1ccc(N)cc1C(=O)c1cc(C)c(Cl)s1. The van der Waals surface area contributed by atoms with E-state index in [0.717, 1.165) is 5.56 Å². The Morgan fingerprint density at radius 2 is 2.11 bits per heavy atom. The van der Waals surface area contributed by atoms with Crippen LogP contribution in [0.1, 0.15) is 20.8 Å². The number of hydrogen-bond acceptors (Lipinski definition) is 4. The van der Waals surface area contributed by atoms with E-state index in [0.29, 0.717) is 26.2 Å². The third-order valence-electron chi connectivity index (χ3n) is 2.55. The predicted molar refractivity (Wildman–Crippen MR) is 74.9 cm³/mol. The molecule has 94 valence electrons. The van der Waals surface area contributed by atoms with Gasteiger partial charge in [0.1, 0.15) is 5.75 Å². The van der Waals surface area contributed by atoms with E-state index in [1.165, 1.54) is 18.4 Å². The van der Waals surface area contributed by atoms with Crippen molar-refractivity contribution in [1.29, 1.82) is 0 Å². The molecular formula is C13H12ClNO2S. The van der Waals surface area contributed by atoms with Crippen LogP contribution in [-0.4, -0.2) is 12.9 Å². The first-order valence-electron chi connectivity index (χ1n) is 5.27. The van der Waals surface area contributed by atoms with E-state index < -0.39 is 0 Å². The molecule has 2 N–H and O–H groups in total. The lowest BCUT2D eigenvalue weighted by molar-refractivity contribution is 0.103. The average molecular weight is 282 g/mol. The summed E-state index contributed by atoms with van der Waals surface area (Å²) in [5.41, 5.74) is 7.58. The van der Waals surface area contributed by atoms with E-state index in [9.17, 15) is 4.79 Å². The van der Waals surface area contributed by atoms with Crippen LogP contribution in [0.25, 0.3) is 0 Å². The van der Waals surface area contributed by atoms with Crippen molar-refractivity contribution in [3.8, 4) is 5.75 Å². The molecule has 0 atom stereocenters. The molecule has 0 aliphatic rings. The molecule has 0 amide bonds. The number of carbonyl (C=O) groups is 1. The zero-order valence-electron chi connectivity index (χ0n) is 9.99. The minimum atomic E-state index is -0.126. The van der Waals surface area contributed by atoms with Gasteiger partial charge in [-0.25, -0.2) is 0 Å². The fourth-order valence-corrected chi connectivity index (χ4v) is 2.76. The van der Waals surface area contributed by atoms with Gasteiger partial charge < -0.3 is 10.5 Å². The lowest BCUT2D eigenvalue weighted by Crippen LogP contribution is -2.03. The second-order valence-corrected chi connectivity index (χ2v) is 5.51. The highest BCUT2D eigenvalue weighted by Gasteiger charge is 2.18. The van der Waals surface area contributed by atoms with E-state index >= 15 is 0 Å². The smallest absolute Gasteiger partial charge is 0.206 e. The fourth-order valence-electron chi connectivity index (χ4n) is 1.61. The second kappa shape index (κ2) is 5.00. The first-order chi connectivity index (χ1) is 8.52. The van der Waals surface area contributed by atoms with Crippen molar-refractivity contribution in [2.24, 2.45) is 0 Å². The summed E-state index contributed by atoms with van der Waals surface area (Å²) in [6.07, 6.45) is 0. The summed E-state index contributed by atoms with van der Waals surface area (Å²) in [6.45, 7) is 1.87. The van der Waals surface area contributed by atoms with E-state index in [1.54, 1.807) is 24.3 Å². The summed E-state index contributed by atoms with van der Waals surface area (Å²) in [5.74, 6) is 0.385. The summed E-state index contributed by atoms with van der Waals surface area (Å²) in [6, 6.07) is 6.77. The summed E-state index contributed by atoms with van der Waals surface area (Å²) in [5, 5.41) is 0. The molecule has 0 radical (unpaired) electrons. The molecule has 1 aromatic heterocycles. The number of ketones is 1. The lowest BCUT2D eigenvalue weighted by atomic mass is 10.1. The third-order valence-corrected chi connectivity index (χ3v) is 4.10. The van der Waals surface area contributed by atoms with E-state index in [1.807, 2.05) is 6.92 Å². The number of benzene rings is 1. The van der Waals surface area contributed by atoms with Crippen LogP contribution in [0.3, 0.4) is 0 Å². The summed E-state index contributed by atoms with van der Waals surface area (Å²) in [4.78, 5) is 12.9. The molecule has 0 spiro atoms. The van der Waals surface area contributed by atoms with Crippen molar-refractivity contribution in [2.45, 2.75) is 6.92 Å². The maximum Gasteiger partial charge on any atom is 0.206 e. The van der Waals surface area contributed by atoms with E-state index in [-0.39, 0.29) is 5.78 Å². The minimum absolute atomic E-state index is 0.126. The van der Waals surface area contributed by atoms with Crippen molar-refractivity contribution >= 4 is 34.4 Å². The Labute approximate surface area is 114 Å². The molecule has 0 fully saturated rings. The highest BCUT2D eigenvalue weighted by atomic mass is 35.5. The largest absolute Gasteiger partial charge is 0.496 e. The van der Waals surface area contributed by atoms with Gasteiger partial charge in [0.05, 0.1) is 21.9 Å². The number of ether oxygens (including phenoxy) is 1. The topological polar surface area (TPSA) is 52.3 Å². The molecule has 0 saturated carbocycles. The molecule has 2 aromatic rings. The average Bonchev–Trinajstić information content (AvgIpc) is 2.68. The Morgan fingerprint density at radius 3 is 2.67 bits per heavy atom. The number of carbonyl (C=O) groups excluding carboxylic acids is 1. The van der Waals surface area contributed by atoms with Gasteiger partial charge in [-0.15, -0.1) is 11.3 Å². The van der Waals surface area contributed by atoms with Gasteiger partial charge in [-0.3, -0.25) is 4.79 Å². The van der Waals surface area contributed by atoms with Crippen LogP contribution in [0.5, 0.6) is 5.75 Å². The second-order valence-electron chi connectivity index (χ2n) is 3.86. The molecule has 0 aliphatic heterocycles. The van der Waals surface area contributed by atoms with Gasteiger partial charge in [-0.1, -0.05) is 11.6 Å². The maximum atomic E-state index is 12.4. The molecule has 18 heavy (non-hydrogen) atoms. The Hall–Kier alpha value is -1.52. The highest BCUT2D eigenvalue weighted by molar-refractivity contribution is 7.18. The molecule has 1 heterocycles. The van der Waals surface area contributed by atoms with Gasteiger partial charge in [-0.2, -0.15) is 0 Å². The highest BCUT2D eigenvalue weighted by Crippen LogP contribution is 2.31. The van der Waals surface area contributed by atoms with Gasteiger partial charge in [-0.05, 0) is 36.8 Å². The number of nitrogen functional groups attached to an aromatic ring is 1. The van der Waals surface area contributed by atoms with Gasteiger partial charge in [0.15, 0.2) is 0 Å². The number of halogens is 1. The molecule has 0 bridgehead atoms. The Kier molecular flexibility index (Phi) is 3.59. The third kappa shape index (κ3) is 2.35. The molecular weight excluding hydrogens is 270 g/mol. The van der Waals surface area contributed by atoms with Crippen molar-refractivity contribution < 1.29 is 9.53 Å². The Morgan fingerprint density at radius 1 is 1.39 bits per heavy atom. The lowest BCUT2D eigenvalue weighted by Gasteiger charge is -2.07. The molecule has 1 aromatic carbocycles. The van der Waals surface area contributed by atoms with Crippen LogP contribution in [-0.2, 0) is 0 Å². The van der Waals surface area contributed by atoms with Crippen LogP contribution in [0, 0.1) is 6.92 Å². The zero-order chi connectivity index (χ0) is 13.3. The fraction of sp³-hybridized carbons (Fsp3) is 0.154. The molecule has 5 heteroatoms. The maximum absolute atomic E-state index is 12.4. The molecule has 0 saturated heterocycles. The summed E-state index contributed by atoms with van der Waals surface area (Å²) < 4.78 is 5.80. The first-order valence-corrected chi connectivity index (χ1v) is 6.46. The predicted octanol–water partition coefficient (Wildman–Crippen LogP) is 3.53. The number of rotatable bonds is 3. The molecule has 2 rings (SSSR count). The van der Waals surface area contributed by atoms with Crippen molar-refractivity contribution in [3.63, 3.8) is 0 Å². The molecule has 0 aliphatic carbocycles. The van der Waals surface area contributed by atoms with Gasteiger partial charge in [0.25, 0.3) is 0 Å². The molecule has 0 unspecified atom stereocenters. The Balaban J connectivity index is 2.48. The zero-order valence-corrected chi connectivity index (χ0v) is 11.6. The van der Waals surface area contributed by atoms with Gasteiger partial charge >= 0.3 is 0 Å². The standard InChI is InChI=1S/C13H12ClNO2S/c1-7-5-11(18-13(7)14)12(16)9-6-8(15)3-4-10(9)17-2/h3-6H,15H2,1-2H3.